The lowest BCUT2D eigenvalue weighted by molar-refractivity contribution is 0.107. The van der Waals surface area contributed by atoms with Gasteiger partial charge in [0.1, 0.15) is 0 Å². The maximum atomic E-state index is 12.4. The van der Waals surface area contributed by atoms with E-state index in [2.05, 4.69) is 22.2 Å². The summed E-state index contributed by atoms with van der Waals surface area (Å²) in [5.41, 5.74) is 2.01. The number of hydrogen-bond acceptors (Lipinski definition) is 5. The van der Waals surface area contributed by atoms with Crippen molar-refractivity contribution in [3.8, 4) is 0 Å². The highest BCUT2D eigenvalue weighted by atomic mass is 16.5. The van der Waals surface area contributed by atoms with E-state index < -0.39 is 0 Å². The second-order valence-electron chi connectivity index (χ2n) is 9.03. The van der Waals surface area contributed by atoms with Crippen LogP contribution in [0.3, 0.4) is 0 Å². The standard InChI is InChI=1S/C22H36N4O2/c1-17-5-7-19(8-6-17)23-15-20-4-2-3-10-25(20)11-12-26-22(27)14-18-16-28-13-9-21(18)24-26/h14,17,19-20,23H,2-13,15-16H2,1H3. The topological polar surface area (TPSA) is 59.4 Å². The molecule has 2 aliphatic heterocycles. The number of likely N-dealkylation sites (tertiary alicyclic amines) is 1. The molecular formula is C22H36N4O2. The molecule has 1 N–H and O–H groups in total. The molecule has 3 heterocycles. The largest absolute Gasteiger partial charge is 0.376 e. The van der Waals surface area contributed by atoms with E-state index in [0.29, 0.717) is 31.8 Å². The van der Waals surface area contributed by atoms with Gasteiger partial charge < -0.3 is 10.1 Å². The van der Waals surface area contributed by atoms with Crippen LogP contribution in [0.2, 0.25) is 0 Å². The smallest absolute Gasteiger partial charge is 0.267 e. The Bertz CT molecular complexity index is 696. The summed E-state index contributed by atoms with van der Waals surface area (Å²) < 4.78 is 7.11. The fraction of sp³-hybridized carbons (Fsp3) is 0.818. The van der Waals surface area contributed by atoms with Crippen molar-refractivity contribution in [2.24, 2.45) is 5.92 Å². The minimum absolute atomic E-state index is 0.00672. The van der Waals surface area contributed by atoms with E-state index in [4.69, 9.17) is 4.74 Å². The Labute approximate surface area is 168 Å². The maximum Gasteiger partial charge on any atom is 0.267 e. The van der Waals surface area contributed by atoms with Crippen LogP contribution in [0.15, 0.2) is 10.9 Å². The molecular weight excluding hydrogens is 352 g/mol. The van der Waals surface area contributed by atoms with Crippen LogP contribution in [0.25, 0.3) is 0 Å². The molecule has 0 bridgehead atoms. The third-order valence-corrected chi connectivity index (χ3v) is 6.91. The number of rotatable bonds is 6. The number of aromatic nitrogens is 2. The van der Waals surface area contributed by atoms with E-state index in [-0.39, 0.29) is 5.56 Å². The van der Waals surface area contributed by atoms with E-state index >= 15 is 0 Å². The molecule has 0 radical (unpaired) electrons. The van der Waals surface area contributed by atoms with Crippen molar-refractivity contribution in [3.63, 3.8) is 0 Å². The van der Waals surface area contributed by atoms with Gasteiger partial charge in [0.25, 0.3) is 5.56 Å². The van der Waals surface area contributed by atoms with E-state index in [9.17, 15) is 4.79 Å². The third-order valence-electron chi connectivity index (χ3n) is 6.91. The summed E-state index contributed by atoms with van der Waals surface area (Å²) in [7, 11) is 0. The third kappa shape index (κ3) is 5.02. The van der Waals surface area contributed by atoms with Crippen molar-refractivity contribution < 1.29 is 4.74 Å². The van der Waals surface area contributed by atoms with Crippen molar-refractivity contribution in [1.82, 2.24) is 20.0 Å². The van der Waals surface area contributed by atoms with Gasteiger partial charge in [0.05, 0.1) is 25.5 Å². The average Bonchev–Trinajstić information content (AvgIpc) is 2.72. The SMILES string of the molecule is CC1CCC(NCC2CCCCN2CCn2nc3c(cc2=O)COCC3)CC1. The van der Waals surface area contributed by atoms with Gasteiger partial charge in [0.2, 0.25) is 0 Å². The summed E-state index contributed by atoms with van der Waals surface area (Å²) in [6.45, 7) is 7.43. The van der Waals surface area contributed by atoms with Crippen LogP contribution in [0.4, 0.5) is 0 Å². The van der Waals surface area contributed by atoms with E-state index in [1.165, 1.54) is 44.9 Å². The predicted molar refractivity (Wildman–Crippen MR) is 110 cm³/mol. The van der Waals surface area contributed by atoms with Crippen molar-refractivity contribution in [2.75, 3.05) is 26.2 Å². The van der Waals surface area contributed by atoms with Gasteiger partial charge >= 0.3 is 0 Å². The quantitative estimate of drug-likeness (QED) is 0.811. The van der Waals surface area contributed by atoms with Crippen LogP contribution in [0, 0.1) is 5.92 Å². The number of ether oxygens (including phenoxy) is 1. The minimum Gasteiger partial charge on any atom is -0.376 e. The van der Waals surface area contributed by atoms with Gasteiger partial charge in [-0.05, 0) is 51.0 Å². The van der Waals surface area contributed by atoms with Crippen LogP contribution >= 0.6 is 0 Å². The fourth-order valence-electron chi connectivity index (χ4n) is 4.99. The summed E-state index contributed by atoms with van der Waals surface area (Å²) >= 11 is 0. The number of fused-ring (bicyclic) bond motifs is 1. The minimum atomic E-state index is 0.00672. The zero-order valence-electron chi connectivity index (χ0n) is 17.4. The summed E-state index contributed by atoms with van der Waals surface area (Å²) in [5, 5.41) is 8.48. The van der Waals surface area contributed by atoms with Gasteiger partial charge in [-0.25, -0.2) is 4.68 Å². The molecule has 3 aliphatic rings. The van der Waals surface area contributed by atoms with Crippen LogP contribution in [0.1, 0.15) is 63.1 Å². The normalized spacial score (nSPS) is 28.8. The molecule has 1 aromatic rings. The Morgan fingerprint density at radius 3 is 2.89 bits per heavy atom. The number of nitrogens with one attached hydrogen (secondary N) is 1. The Hall–Kier alpha value is -1.24. The molecule has 6 nitrogen and oxygen atoms in total. The molecule has 156 valence electrons. The molecule has 0 aromatic carbocycles. The monoisotopic (exact) mass is 388 g/mol. The van der Waals surface area contributed by atoms with Crippen molar-refractivity contribution in [3.05, 3.63) is 27.7 Å². The molecule has 1 saturated carbocycles. The molecule has 6 heteroatoms. The maximum absolute atomic E-state index is 12.4. The van der Waals surface area contributed by atoms with Crippen LogP contribution in [-0.2, 0) is 24.3 Å². The van der Waals surface area contributed by atoms with Crippen LogP contribution in [-0.4, -0.2) is 53.0 Å². The molecule has 4 rings (SSSR count). The van der Waals surface area contributed by atoms with Crippen molar-refractivity contribution >= 4 is 0 Å². The molecule has 1 atom stereocenters. The first-order valence-electron chi connectivity index (χ1n) is 11.3. The molecule has 0 spiro atoms. The molecule has 1 saturated heterocycles. The first-order chi connectivity index (χ1) is 13.7. The molecule has 1 aromatic heterocycles. The highest BCUT2D eigenvalue weighted by Gasteiger charge is 2.25. The fourth-order valence-corrected chi connectivity index (χ4v) is 4.99. The summed E-state index contributed by atoms with van der Waals surface area (Å²) in [6.07, 6.45) is 10.0. The summed E-state index contributed by atoms with van der Waals surface area (Å²) in [5.74, 6) is 0.901. The number of piperidine rings is 1. The zero-order chi connectivity index (χ0) is 19.3. The summed E-state index contributed by atoms with van der Waals surface area (Å²) in [4.78, 5) is 15.0. The number of nitrogens with zero attached hydrogens (tertiary/aromatic N) is 3. The van der Waals surface area contributed by atoms with Crippen molar-refractivity contribution in [1.29, 1.82) is 0 Å². The van der Waals surface area contributed by atoms with E-state index in [1.807, 2.05) is 0 Å². The first kappa shape index (κ1) is 20.0. The molecule has 28 heavy (non-hydrogen) atoms. The van der Waals surface area contributed by atoms with Gasteiger partial charge in [0.15, 0.2) is 0 Å². The lowest BCUT2D eigenvalue weighted by atomic mass is 9.87. The molecule has 1 unspecified atom stereocenters. The Balaban J connectivity index is 1.32. The Kier molecular flexibility index (Phi) is 6.81. The number of hydrogen-bond donors (Lipinski definition) is 1. The molecule has 0 amide bonds. The van der Waals surface area contributed by atoms with Crippen LogP contribution < -0.4 is 10.9 Å². The highest BCUT2D eigenvalue weighted by molar-refractivity contribution is 5.18. The summed E-state index contributed by atoms with van der Waals surface area (Å²) in [6, 6.07) is 3.02. The van der Waals surface area contributed by atoms with E-state index in [0.717, 1.165) is 43.2 Å². The van der Waals surface area contributed by atoms with Gasteiger partial charge in [-0.2, -0.15) is 5.10 Å². The first-order valence-corrected chi connectivity index (χ1v) is 11.3. The molecule has 2 fully saturated rings. The highest BCUT2D eigenvalue weighted by Crippen LogP contribution is 2.24. The lowest BCUT2D eigenvalue weighted by Crippen LogP contribution is -2.49. The Morgan fingerprint density at radius 2 is 2.04 bits per heavy atom. The van der Waals surface area contributed by atoms with Gasteiger partial charge in [-0.1, -0.05) is 13.3 Å². The average molecular weight is 389 g/mol. The lowest BCUT2D eigenvalue weighted by Gasteiger charge is -2.37. The second kappa shape index (κ2) is 9.51. The zero-order valence-corrected chi connectivity index (χ0v) is 17.4. The van der Waals surface area contributed by atoms with Crippen LogP contribution in [0.5, 0.6) is 0 Å². The van der Waals surface area contributed by atoms with E-state index in [1.54, 1.807) is 10.7 Å². The Morgan fingerprint density at radius 1 is 1.18 bits per heavy atom. The predicted octanol–water partition coefficient (Wildman–Crippen LogP) is 2.34. The molecule has 1 aliphatic carbocycles. The van der Waals surface area contributed by atoms with Crippen molar-refractivity contribution in [2.45, 2.75) is 83.5 Å². The van der Waals surface area contributed by atoms with Gasteiger partial charge in [0, 0.05) is 43.2 Å². The van der Waals surface area contributed by atoms with Gasteiger partial charge in [-0.3, -0.25) is 9.69 Å². The van der Waals surface area contributed by atoms with Gasteiger partial charge in [-0.15, -0.1) is 0 Å². The second-order valence-corrected chi connectivity index (χ2v) is 9.03.